The topological polar surface area (TPSA) is 56.8 Å². The number of ether oxygens (including phenoxy) is 3. The number of amides is 1. The van der Waals surface area contributed by atoms with E-state index in [0.717, 1.165) is 17.9 Å². The third kappa shape index (κ3) is 6.60. The highest BCUT2D eigenvalue weighted by Crippen LogP contribution is 2.17. The summed E-state index contributed by atoms with van der Waals surface area (Å²) in [6.07, 6.45) is 0.965. The molecule has 5 heteroatoms. The Morgan fingerprint density at radius 2 is 1.42 bits per heavy atom. The van der Waals surface area contributed by atoms with Crippen LogP contribution in [0.1, 0.15) is 13.3 Å². The van der Waals surface area contributed by atoms with E-state index in [9.17, 15) is 4.79 Å². The molecule has 0 fully saturated rings. The van der Waals surface area contributed by atoms with E-state index in [0.29, 0.717) is 25.5 Å². The molecule has 0 saturated heterocycles. The van der Waals surface area contributed by atoms with Crippen LogP contribution in [-0.2, 0) is 4.79 Å². The monoisotopic (exact) mass is 329 g/mol. The number of carbonyl (C=O) groups excluding carboxylic acids is 1. The molecule has 1 amide bonds. The molecule has 1 N–H and O–H groups in total. The third-order valence-corrected chi connectivity index (χ3v) is 3.10. The minimum Gasteiger partial charge on any atom is -0.494 e. The number of hydrogen-bond donors (Lipinski definition) is 1. The van der Waals surface area contributed by atoms with Gasteiger partial charge < -0.3 is 19.5 Å². The van der Waals surface area contributed by atoms with Crippen LogP contribution < -0.4 is 19.5 Å². The van der Waals surface area contributed by atoms with Gasteiger partial charge in [0.2, 0.25) is 0 Å². The summed E-state index contributed by atoms with van der Waals surface area (Å²) in [6, 6.07) is 16.7. The molecule has 2 rings (SSSR count). The Bertz CT molecular complexity index is 599. The zero-order valence-corrected chi connectivity index (χ0v) is 13.9. The van der Waals surface area contributed by atoms with Crippen LogP contribution in [0.5, 0.6) is 17.2 Å². The van der Waals surface area contributed by atoms with Gasteiger partial charge in [0.15, 0.2) is 6.61 Å². The summed E-state index contributed by atoms with van der Waals surface area (Å²) in [5.41, 5.74) is 0. The standard InChI is InChI=1S/C19H23NO4/c1-2-13-22-17-8-10-18(11-9-17)24-15-19(21)20-12-14-23-16-6-4-3-5-7-16/h3-11H,2,12-15H2,1H3,(H,20,21). The van der Waals surface area contributed by atoms with Crippen LogP contribution in [0, 0.1) is 0 Å². The van der Waals surface area contributed by atoms with Gasteiger partial charge in [0.1, 0.15) is 23.9 Å². The van der Waals surface area contributed by atoms with Gasteiger partial charge in [-0.15, -0.1) is 0 Å². The molecule has 0 atom stereocenters. The van der Waals surface area contributed by atoms with Crippen LogP contribution in [0.2, 0.25) is 0 Å². The van der Waals surface area contributed by atoms with E-state index in [1.165, 1.54) is 0 Å². The van der Waals surface area contributed by atoms with Crippen LogP contribution in [-0.4, -0.2) is 32.3 Å². The summed E-state index contributed by atoms with van der Waals surface area (Å²) in [6.45, 7) is 3.56. The Balaban J connectivity index is 1.60. The molecule has 0 radical (unpaired) electrons. The fourth-order valence-electron chi connectivity index (χ4n) is 1.93. The van der Waals surface area contributed by atoms with Crippen molar-refractivity contribution in [1.82, 2.24) is 5.32 Å². The largest absolute Gasteiger partial charge is 0.494 e. The summed E-state index contributed by atoms with van der Waals surface area (Å²) >= 11 is 0. The molecule has 0 bridgehead atoms. The predicted octanol–water partition coefficient (Wildman–Crippen LogP) is 3.05. The highest BCUT2D eigenvalue weighted by Gasteiger charge is 2.03. The number of carbonyl (C=O) groups is 1. The van der Waals surface area contributed by atoms with E-state index in [1.54, 1.807) is 12.1 Å². The van der Waals surface area contributed by atoms with Crippen molar-refractivity contribution < 1.29 is 19.0 Å². The maximum Gasteiger partial charge on any atom is 0.258 e. The van der Waals surface area contributed by atoms with Gasteiger partial charge in [-0.3, -0.25) is 4.79 Å². The van der Waals surface area contributed by atoms with Gasteiger partial charge in [0.05, 0.1) is 13.2 Å². The first-order valence-electron chi connectivity index (χ1n) is 8.08. The highest BCUT2D eigenvalue weighted by molar-refractivity contribution is 5.77. The Hall–Kier alpha value is -2.69. The molecule has 0 heterocycles. The molecule has 2 aromatic carbocycles. The molecule has 0 aromatic heterocycles. The smallest absolute Gasteiger partial charge is 0.258 e. The third-order valence-electron chi connectivity index (χ3n) is 3.10. The lowest BCUT2D eigenvalue weighted by molar-refractivity contribution is -0.123. The maximum absolute atomic E-state index is 11.7. The van der Waals surface area contributed by atoms with Crippen molar-refractivity contribution in [3.05, 3.63) is 54.6 Å². The van der Waals surface area contributed by atoms with E-state index >= 15 is 0 Å². The van der Waals surface area contributed by atoms with E-state index in [2.05, 4.69) is 12.2 Å². The van der Waals surface area contributed by atoms with Gasteiger partial charge in [0.25, 0.3) is 5.91 Å². The van der Waals surface area contributed by atoms with Crippen molar-refractivity contribution in [2.45, 2.75) is 13.3 Å². The zero-order chi connectivity index (χ0) is 17.0. The first kappa shape index (κ1) is 17.7. The van der Waals surface area contributed by atoms with Gasteiger partial charge in [-0.25, -0.2) is 0 Å². The van der Waals surface area contributed by atoms with Crippen molar-refractivity contribution in [3.8, 4) is 17.2 Å². The number of nitrogens with one attached hydrogen (secondary N) is 1. The second-order valence-electron chi connectivity index (χ2n) is 5.12. The predicted molar refractivity (Wildman–Crippen MR) is 92.7 cm³/mol. The second-order valence-corrected chi connectivity index (χ2v) is 5.12. The summed E-state index contributed by atoms with van der Waals surface area (Å²) in [4.78, 5) is 11.7. The minimum atomic E-state index is -0.182. The van der Waals surface area contributed by atoms with Crippen LogP contribution >= 0.6 is 0 Å². The second kappa shape index (κ2) is 10.2. The summed E-state index contributed by atoms with van der Waals surface area (Å²) in [5, 5.41) is 2.75. The Kier molecular flexibility index (Phi) is 7.47. The van der Waals surface area contributed by atoms with Crippen molar-refractivity contribution in [3.63, 3.8) is 0 Å². The first-order chi connectivity index (χ1) is 11.8. The van der Waals surface area contributed by atoms with Crippen LogP contribution in [0.3, 0.4) is 0 Å². The highest BCUT2D eigenvalue weighted by atomic mass is 16.5. The Morgan fingerprint density at radius 1 is 0.833 bits per heavy atom. The average Bonchev–Trinajstić information content (AvgIpc) is 2.63. The molecular weight excluding hydrogens is 306 g/mol. The lowest BCUT2D eigenvalue weighted by Crippen LogP contribution is -2.32. The maximum atomic E-state index is 11.7. The number of hydrogen-bond acceptors (Lipinski definition) is 4. The molecule has 128 valence electrons. The molecular formula is C19H23NO4. The van der Waals surface area contributed by atoms with E-state index in [4.69, 9.17) is 14.2 Å². The van der Waals surface area contributed by atoms with Crippen LogP contribution in [0.4, 0.5) is 0 Å². The molecule has 0 aliphatic rings. The van der Waals surface area contributed by atoms with Gasteiger partial charge in [-0.1, -0.05) is 25.1 Å². The average molecular weight is 329 g/mol. The number of rotatable bonds is 10. The fourth-order valence-corrected chi connectivity index (χ4v) is 1.93. The molecule has 5 nitrogen and oxygen atoms in total. The normalized spacial score (nSPS) is 10.0. The molecule has 0 aliphatic heterocycles. The van der Waals surface area contributed by atoms with Crippen LogP contribution in [0.25, 0.3) is 0 Å². The summed E-state index contributed by atoms with van der Waals surface area (Å²) in [7, 11) is 0. The lowest BCUT2D eigenvalue weighted by Gasteiger charge is -2.09. The summed E-state index contributed by atoms with van der Waals surface area (Å²) < 4.78 is 16.4. The molecule has 0 saturated carbocycles. The van der Waals surface area contributed by atoms with Gasteiger partial charge in [-0.2, -0.15) is 0 Å². The fraction of sp³-hybridized carbons (Fsp3) is 0.316. The van der Waals surface area contributed by atoms with Gasteiger partial charge >= 0.3 is 0 Å². The van der Waals surface area contributed by atoms with Gasteiger partial charge in [0, 0.05) is 0 Å². The molecule has 0 spiro atoms. The van der Waals surface area contributed by atoms with Crippen molar-refractivity contribution in [2.24, 2.45) is 0 Å². The number of para-hydroxylation sites is 1. The lowest BCUT2D eigenvalue weighted by atomic mass is 10.3. The van der Waals surface area contributed by atoms with E-state index in [1.807, 2.05) is 42.5 Å². The number of benzene rings is 2. The summed E-state index contributed by atoms with van der Waals surface area (Å²) in [5.74, 6) is 2.03. The first-order valence-corrected chi connectivity index (χ1v) is 8.08. The molecule has 0 aliphatic carbocycles. The van der Waals surface area contributed by atoms with Crippen molar-refractivity contribution >= 4 is 5.91 Å². The Morgan fingerprint density at radius 3 is 2.08 bits per heavy atom. The Labute approximate surface area is 142 Å². The SMILES string of the molecule is CCCOc1ccc(OCC(=O)NCCOc2ccccc2)cc1. The zero-order valence-electron chi connectivity index (χ0n) is 13.9. The van der Waals surface area contributed by atoms with Crippen molar-refractivity contribution in [2.75, 3.05) is 26.4 Å². The van der Waals surface area contributed by atoms with E-state index < -0.39 is 0 Å². The van der Waals surface area contributed by atoms with Crippen molar-refractivity contribution in [1.29, 1.82) is 0 Å². The molecule has 2 aromatic rings. The quantitative estimate of drug-likeness (QED) is 0.681. The van der Waals surface area contributed by atoms with Gasteiger partial charge in [-0.05, 0) is 42.8 Å². The minimum absolute atomic E-state index is 0.0273. The molecule has 0 unspecified atom stereocenters. The van der Waals surface area contributed by atoms with Crippen LogP contribution in [0.15, 0.2) is 54.6 Å². The van der Waals surface area contributed by atoms with E-state index in [-0.39, 0.29) is 12.5 Å². The molecule has 24 heavy (non-hydrogen) atoms.